The van der Waals surface area contributed by atoms with E-state index in [4.69, 9.17) is 9.26 Å². The van der Waals surface area contributed by atoms with Crippen LogP contribution >= 0.6 is 9.47 Å². The molecule has 0 aromatic carbocycles. The van der Waals surface area contributed by atoms with Crippen molar-refractivity contribution in [2.45, 2.75) is 103 Å². The maximum absolute atomic E-state index is 12.5. The van der Waals surface area contributed by atoms with Gasteiger partial charge in [-0.3, -0.25) is 9.59 Å². The van der Waals surface area contributed by atoms with Crippen LogP contribution in [0.25, 0.3) is 0 Å². The van der Waals surface area contributed by atoms with E-state index >= 15 is 0 Å². The molecule has 1 amide bonds. The standard InChI is InChI=1S/C22H40NO5P/c1-2-27-22(26)19-15-12-13-17-23(19)21(25)20(24)16-11-9-7-5-3-4-6-8-10-14-18-28-29/h19H,2-18,29H2,1H3. The van der Waals surface area contributed by atoms with Gasteiger partial charge in [0.05, 0.1) is 13.2 Å². The van der Waals surface area contributed by atoms with Gasteiger partial charge in [-0.05, 0) is 39.0 Å². The van der Waals surface area contributed by atoms with E-state index in [0.717, 1.165) is 45.1 Å². The maximum Gasteiger partial charge on any atom is 0.328 e. The molecule has 0 aromatic heterocycles. The molecular formula is C22H40NO5P. The van der Waals surface area contributed by atoms with Crippen LogP contribution < -0.4 is 0 Å². The summed E-state index contributed by atoms with van der Waals surface area (Å²) in [5.41, 5.74) is 0. The number of hydrogen-bond acceptors (Lipinski definition) is 5. The third-order valence-corrected chi connectivity index (χ3v) is 5.71. The third kappa shape index (κ3) is 11.1. The SMILES string of the molecule is CCOC(=O)C1CCCCN1C(=O)C(=O)CCCCCCCCCCCCOP. The number of hydrogen-bond donors (Lipinski definition) is 0. The van der Waals surface area contributed by atoms with Gasteiger partial charge >= 0.3 is 5.97 Å². The van der Waals surface area contributed by atoms with E-state index in [1.165, 1.54) is 43.4 Å². The number of amides is 1. The van der Waals surface area contributed by atoms with Crippen molar-refractivity contribution in [3.8, 4) is 0 Å². The average molecular weight is 430 g/mol. The van der Waals surface area contributed by atoms with Gasteiger partial charge in [0, 0.05) is 22.4 Å². The zero-order valence-corrected chi connectivity index (χ0v) is 19.3. The number of likely N-dealkylation sites (tertiary alicyclic amines) is 1. The number of rotatable bonds is 16. The number of carbonyl (C=O) groups excluding carboxylic acids is 3. The molecule has 0 aromatic rings. The lowest BCUT2D eigenvalue weighted by molar-refractivity contribution is -0.158. The molecule has 2 atom stereocenters. The average Bonchev–Trinajstić information content (AvgIpc) is 2.74. The van der Waals surface area contributed by atoms with Crippen LogP contribution in [0.1, 0.15) is 96.8 Å². The fraction of sp³-hybridized carbons (Fsp3) is 0.864. The summed E-state index contributed by atoms with van der Waals surface area (Å²) in [6, 6.07) is -0.589. The first kappa shape index (κ1) is 26.0. The molecule has 1 saturated heterocycles. The number of ketones is 1. The van der Waals surface area contributed by atoms with Gasteiger partial charge in [0.2, 0.25) is 5.78 Å². The Morgan fingerprint density at radius 3 is 2.07 bits per heavy atom. The lowest BCUT2D eigenvalue weighted by Crippen LogP contribution is -2.51. The first-order chi connectivity index (χ1) is 14.1. The van der Waals surface area contributed by atoms with Gasteiger partial charge in [-0.1, -0.05) is 51.4 Å². The monoisotopic (exact) mass is 429 g/mol. The Kier molecular flexibility index (Phi) is 15.0. The van der Waals surface area contributed by atoms with E-state index in [-0.39, 0.29) is 18.2 Å². The summed E-state index contributed by atoms with van der Waals surface area (Å²) in [5, 5.41) is 0. The Morgan fingerprint density at radius 2 is 1.48 bits per heavy atom. The van der Waals surface area contributed by atoms with Crippen molar-refractivity contribution in [2.24, 2.45) is 0 Å². The summed E-state index contributed by atoms with van der Waals surface area (Å²) >= 11 is 0. The van der Waals surface area contributed by atoms with E-state index < -0.39 is 11.9 Å². The summed E-state index contributed by atoms with van der Waals surface area (Å²) in [7, 11) is 2.29. The van der Waals surface area contributed by atoms with Crippen LogP contribution in [0.5, 0.6) is 0 Å². The molecule has 0 radical (unpaired) electrons. The van der Waals surface area contributed by atoms with Crippen LogP contribution in [-0.2, 0) is 23.6 Å². The Bertz CT molecular complexity index is 486. The van der Waals surface area contributed by atoms with Crippen LogP contribution in [0, 0.1) is 0 Å². The number of ether oxygens (including phenoxy) is 1. The molecule has 0 saturated carbocycles. The van der Waals surface area contributed by atoms with E-state index in [1.807, 2.05) is 0 Å². The molecule has 7 heteroatoms. The number of esters is 1. The van der Waals surface area contributed by atoms with Crippen molar-refractivity contribution in [3.63, 3.8) is 0 Å². The molecule has 168 valence electrons. The Balaban J connectivity index is 2.13. The van der Waals surface area contributed by atoms with Crippen molar-refractivity contribution in [1.29, 1.82) is 0 Å². The molecule has 0 N–H and O–H groups in total. The van der Waals surface area contributed by atoms with E-state index in [2.05, 4.69) is 9.47 Å². The Morgan fingerprint density at radius 1 is 0.897 bits per heavy atom. The van der Waals surface area contributed by atoms with Crippen LogP contribution in [0.2, 0.25) is 0 Å². The van der Waals surface area contributed by atoms with E-state index in [0.29, 0.717) is 19.6 Å². The number of nitrogens with zero attached hydrogens (tertiary/aromatic N) is 1. The minimum atomic E-state index is -0.589. The van der Waals surface area contributed by atoms with Gasteiger partial charge in [0.1, 0.15) is 6.04 Å². The number of unbranched alkanes of at least 4 members (excludes halogenated alkanes) is 9. The van der Waals surface area contributed by atoms with Crippen molar-refractivity contribution < 1.29 is 23.6 Å². The summed E-state index contributed by atoms with van der Waals surface area (Å²) in [4.78, 5) is 38.3. The second-order valence-electron chi connectivity index (χ2n) is 7.84. The van der Waals surface area contributed by atoms with Gasteiger partial charge in [-0.2, -0.15) is 0 Å². The summed E-state index contributed by atoms with van der Waals surface area (Å²) in [6.45, 7) is 3.34. The Labute approximate surface area is 178 Å². The largest absolute Gasteiger partial charge is 0.464 e. The molecule has 2 unspecified atom stereocenters. The lowest BCUT2D eigenvalue weighted by Gasteiger charge is -2.33. The summed E-state index contributed by atoms with van der Waals surface area (Å²) < 4.78 is 10.0. The summed E-state index contributed by atoms with van der Waals surface area (Å²) in [5.74, 6) is -1.25. The van der Waals surface area contributed by atoms with Gasteiger partial charge < -0.3 is 14.2 Å². The smallest absolute Gasteiger partial charge is 0.328 e. The first-order valence-electron chi connectivity index (χ1n) is 11.4. The quantitative estimate of drug-likeness (QED) is 0.155. The van der Waals surface area contributed by atoms with Crippen LogP contribution in [0.4, 0.5) is 0 Å². The molecule has 29 heavy (non-hydrogen) atoms. The van der Waals surface area contributed by atoms with Crippen molar-refractivity contribution in [2.75, 3.05) is 19.8 Å². The van der Waals surface area contributed by atoms with E-state index in [9.17, 15) is 14.4 Å². The second kappa shape index (κ2) is 16.8. The van der Waals surface area contributed by atoms with Gasteiger partial charge in [0.15, 0.2) is 0 Å². The van der Waals surface area contributed by atoms with Crippen LogP contribution in [0.15, 0.2) is 0 Å². The molecule has 1 aliphatic heterocycles. The predicted molar refractivity (Wildman–Crippen MR) is 117 cm³/mol. The molecule has 0 bridgehead atoms. The molecule has 1 rings (SSSR count). The molecule has 0 spiro atoms. The van der Waals surface area contributed by atoms with Crippen LogP contribution in [-0.4, -0.2) is 48.4 Å². The topological polar surface area (TPSA) is 72.9 Å². The van der Waals surface area contributed by atoms with Crippen LogP contribution in [0.3, 0.4) is 0 Å². The minimum Gasteiger partial charge on any atom is -0.464 e. The molecule has 0 aliphatic carbocycles. The molecule has 1 fully saturated rings. The highest BCUT2D eigenvalue weighted by molar-refractivity contribution is 7.09. The molecular weight excluding hydrogens is 389 g/mol. The number of Topliss-reactive ketones (excluding diaryl/α,β-unsaturated/α-hetero) is 1. The minimum absolute atomic E-state index is 0.280. The van der Waals surface area contributed by atoms with E-state index in [1.54, 1.807) is 6.92 Å². The highest BCUT2D eigenvalue weighted by atomic mass is 31.0. The van der Waals surface area contributed by atoms with Gasteiger partial charge in [-0.15, -0.1) is 0 Å². The molecule has 6 nitrogen and oxygen atoms in total. The highest BCUT2D eigenvalue weighted by Crippen LogP contribution is 2.19. The zero-order valence-electron chi connectivity index (χ0n) is 18.2. The summed E-state index contributed by atoms with van der Waals surface area (Å²) in [6.07, 6.45) is 14.0. The highest BCUT2D eigenvalue weighted by Gasteiger charge is 2.35. The predicted octanol–water partition coefficient (Wildman–Crippen LogP) is 4.60. The zero-order chi connectivity index (χ0) is 21.3. The third-order valence-electron chi connectivity index (χ3n) is 5.48. The fourth-order valence-electron chi connectivity index (χ4n) is 3.81. The van der Waals surface area contributed by atoms with Gasteiger partial charge in [-0.25, -0.2) is 4.79 Å². The maximum atomic E-state index is 12.5. The molecule has 1 heterocycles. The number of piperidine rings is 1. The number of carbonyl (C=O) groups is 3. The normalized spacial score (nSPS) is 16.6. The van der Waals surface area contributed by atoms with Crippen molar-refractivity contribution >= 4 is 27.1 Å². The fourth-order valence-corrected chi connectivity index (χ4v) is 3.98. The lowest BCUT2D eigenvalue weighted by atomic mass is 10.0. The second-order valence-corrected chi connectivity index (χ2v) is 8.18. The molecule has 1 aliphatic rings. The Hall–Kier alpha value is -1.00. The van der Waals surface area contributed by atoms with Crippen molar-refractivity contribution in [1.82, 2.24) is 4.90 Å². The van der Waals surface area contributed by atoms with Crippen molar-refractivity contribution in [3.05, 3.63) is 0 Å². The first-order valence-corrected chi connectivity index (χ1v) is 11.9. The van der Waals surface area contributed by atoms with Gasteiger partial charge in [0.25, 0.3) is 5.91 Å².